The number of likely N-dealkylation sites (tertiary alicyclic amines) is 1. The van der Waals surface area contributed by atoms with Crippen molar-refractivity contribution in [1.29, 1.82) is 0 Å². The molecule has 30 heavy (non-hydrogen) atoms. The Hall–Kier alpha value is -1.12. The Morgan fingerprint density at radius 3 is 2.50 bits per heavy atom. The molecule has 1 saturated heterocycles. The smallest absolute Gasteiger partial charge is 0.410 e. The van der Waals surface area contributed by atoms with Gasteiger partial charge in [0.25, 0.3) is 0 Å². The molecule has 2 fully saturated rings. The van der Waals surface area contributed by atoms with Gasteiger partial charge in [-0.2, -0.15) is 0 Å². The van der Waals surface area contributed by atoms with Crippen molar-refractivity contribution in [3.05, 3.63) is 34.1 Å². The van der Waals surface area contributed by atoms with E-state index in [0.29, 0.717) is 16.6 Å². The van der Waals surface area contributed by atoms with Gasteiger partial charge in [-0.3, -0.25) is 4.90 Å². The van der Waals surface area contributed by atoms with Crippen molar-refractivity contribution >= 4 is 39.1 Å². The number of carbonyl (C=O) groups is 1. The molecule has 1 spiro atoms. The van der Waals surface area contributed by atoms with Crippen molar-refractivity contribution in [2.75, 3.05) is 6.54 Å². The predicted octanol–water partition coefficient (Wildman–Crippen LogP) is 5.43. The zero-order valence-electron chi connectivity index (χ0n) is 18.4. The van der Waals surface area contributed by atoms with Crippen LogP contribution in [0.25, 0.3) is 0 Å². The van der Waals surface area contributed by atoms with Crippen molar-refractivity contribution < 1.29 is 18.5 Å². The summed E-state index contributed by atoms with van der Waals surface area (Å²) in [6, 6.07) is 4.64. The van der Waals surface area contributed by atoms with Crippen molar-refractivity contribution in [2.24, 2.45) is 9.81 Å². The van der Waals surface area contributed by atoms with Gasteiger partial charge in [0.15, 0.2) is 0 Å². The highest BCUT2D eigenvalue weighted by molar-refractivity contribution is 9.10. The molecule has 0 radical (unpaired) electrons. The lowest BCUT2D eigenvalue weighted by Gasteiger charge is -2.28. The quantitative estimate of drug-likeness (QED) is 0.519. The van der Waals surface area contributed by atoms with Gasteiger partial charge in [-0.25, -0.2) is 9.18 Å². The van der Waals surface area contributed by atoms with Gasteiger partial charge in [-0.1, -0.05) is 16.5 Å². The van der Waals surface area contributed by atoms with Gasteiger partial charge in [0, 0.05) is 18.4 Å². The highest BCUT2D eigenvalue weighted by Gasteiger charge is 2.60. The summed E-state index contributed by atoms with van der Waals surface area (Å²) >= 11 is 1.77. The predicted molar refractivity (Wildman–Crippen MR) is 122 cm³/mol. The van der Waals surface area contributed by atoms with Crippen LogP contribution in [0, 0.1) is 11.2 Å². The summed E-state index contributed by atoms with van der Waals surface area (Å²) in [6.45, 7) is 11.5. The molecule has 1 aromatic carbocycles. The van der Waals surface area contributed by atoms with E-state index >= 15 is 0 Å². The van der Waals surface area contributed by atoms with E-state index in [-0.39, 0.29) is 17.7 Å². The second-order valence-electron chi connectivity index (χ2n) is 10.2. The van der Waals surface area contributed by atoms with Gasteiger partial charge in [0.1, 0.15) is 27.5 Å². The van der Waals surface area contributed by atoms with Crippen LogP contribution in [-0.2, 0) is 22.5 Å². The van der Waals surface area contributed by atoms with Crippen LogP contribution in [-0.4, -0.2) is 44.2 Å². The van der Waals surface area contributed by atoms with Gasteiger partial charge >= 0.3 is 6.09 Å². The van der Waals surface area contributed by atoms with Crippen molar-refractivity contribution in [2.45, 2.75) is 77.2 Å². The number of halogens is 2. The third-order valence-electron chi connectivity index (χ3n) is 5.34. The first kappa shape index (κ1) is 23.5. The number of rotatable bonds is 3. The third-order valence-corrected chi connectivity index (χ3v) is 7.36. The van der Waals surface area contributed by atoms with Gasteiger partial charge in [-0.05, 0) is 81.9 Å². The number of hydrogen-bond acceptors (Lipinski definition) is 4. The van der Waals surface area contributed by atoms with Crippen molar-refractivity contribution in [3.63, 3.8) is 0 Å². The molecule has 5 nitrogen and oxygen atoms in total. The molecule has 1 aliphatic heterocycles. The van der Waals surface area contributed by atoms with Crippen molar-refractivity contribution in [3.8, 4) is 0 Å². The summed E-state index contributed by atoms with van der Waals surface area (Å²) in [5.74, 6) is -0.352. The standard InChI is InChI=1S/C22H30BrFN2O3S/c1-20(2,3)29-19(27)26-13-22(10-11-22)18(25-30(28)21(4,5)6)16(26)12-14-8-7-9-15(23)17(14)24/h7-9,16H,10-13H2,1-6H3/b25-18+/t16-,30-/m1/s1. The second kappa shape index (κ2) is 8.10. The Bertz CT molecular complexity index is 859. The summed E-state index contributed by atoms with van der Waals surface area (Å²) < 4.78 is 37.7. The molecule has 0 bridgehead atoms. The molecular formula is C22H30BrFN2O3S. The Kier molecular flexibility index (Phi) is 6.35. The lowest BCUT2D eigenvalue weighted by atomic mass is 9.95. The Labute approximate surface area is 189 Å². The molecule has 1 saturated carbocycles. The number of benzene rings is 1. The normalized spacial score (nSPS) is 23.2. The average Bonchev–Trinajstić information content (AvgIpc) is 3.31. The minimum Gasteiger partial charge on any atom is -0.591 e. The molecule has 0 N–H and O–H groups in total. The number of hydrogen-bond donors (Lipinski definition) is 0. The van der Waals surface area contributed by atoms with E-state index in [1.807, 2.05) is 41.5 Å². The minimum atomic E-state index is -1.46. The molecule has 1 heterocycles. The molecule has 166 valence electrons. The van der Waals surface area contributed by atoms with E-state index in [1.54, 1.807) is 23.1 Å². The third kappa shape index (κ3) is 5.02. The lowest BCUT2D eigenvalue weighted by Crippen LogP contribution is -2.43. The number of ether oxygens (including phenoxy) is 1. The van der Waals surface area contributed by atoms with Crippen LogP contribution in [0.2, 0.25) is 0 Å². The van der Waals surface area contributed by atoms with E-state index in [1.165, 1.54) is 0 Å². The van der Waals surface area contributed by atoms with Crippen LogP contribution < -0.4 is 0 Å². The molecule has 3 rings (SSSR count). The van der Waals surface area contributed by atoms with E-state index in [9.17, 15) is 13.7 Å². The maximum atomic E-state index is 14.8. The Morgan fingerprint density at radius 1 is 1.33 bits per heavy atom. The van der Waals surface area contributed by atoms with E-state index in [0.717, 1.165) is 18.6 Å². The van der Waals surface area contributed by atoms with E-state index in [4.69, 9.17) is 4.74 Å². The molecule has 1 aromatic rings. The van der Waals surface area contributed by atoms with E-state index < -0.39 is 33.8 Å². The first-order valence-electron chi connectivity index (χ1n) is 10.2. The van der Waals surface area contributed by atoms with Crippen LogP contribution in [0.3, 0.4) is 0 Å². The van der Waals surface area contributed by atoms with Crippen LogP contribution in [0.5, 0.6) is 0 Å². The number of nitrogens with zero attached hydrogens (tertiary/aromatic N) is 2. The summed E-state index contributed by atoms with van der Waals surface area (Å²) in [6.07, 6.45) is 1.57. The van der Waals surface area contributed by atoms with Gasteiger partial charge in [0.2, 0.25) is 0 Å². The molecular weight excluding hydrogens is 471 g/mol. The zero-order chi connectivity index (χ0) is 22.5. The summed E-state index contributed by atoms with van der Waals surface area (Å²) in [4.78, 5) is 14.7. The summed E-state index contributed by atoms with van der Waals surface area (Å²) in [5.41, 5.74) is 0.300. The first-order chi connectivity index (χ1) is 13.7. The van der Waals surface area contributed by atoms with Gasteiger partial charge < -0.3 is 9.29 Å². The number of carbonyl (C=O) groups excluding carboxylic acids is 1. The fraction of sp³-hybridized carbons (Fsp3) is 0.636. The van der Waals surface area contributed by atoms with Gasteiger partial charge in [-0.15, -0.1) is 0 Å². The highest BCUT2D eigenvalue weighted by atomic mass is 79.9. The molecule has 0 unspecified atom stereocenters. The second-order valence-corrected chi connectivity index (χ2v) is 12.9. The minimum absolute atomic E-state index is 0.256. The van der Waals surface area contributed by atoms with Gasteiger partial charge in [0.05, 0.1) is 16.2 Å². The molecule has 8 heteroatoms. The van der Waals surface area contributed by atoms with Crippen LogP contribution >= 0.6 is 15.9 Å². The van der Waals surface area contributed by atoms with Crippen LogP contribution in [0.15, 0.2) is 27.1 Å². The first-order valence-corrected chi connectivity index (χ1v) is 12.1. The fourth-order valence-corrected chi connectivity index (χ4v) is 4.78. The monoisotopic (exact) mass is 500 g/mol. The fourth-order valence-electron chi connectivity index (χ4n) is 3.60. The summed E-state index contributed by atoms with van der Waals surface area (Å²) in [5, 5.41) is 0. The average molecular weight is 501 g/mol. The largest absolute Gasteiger partial charge is 0.591 e. The maximum Gasteiger partial charge on any atom is 0.410 e. The topological polar surface area (TPSA) is 65.0 Å². The Balaban J connectivity index is 2.02. The zero-order valence-corrected chi connectivity index (χ0v) is 20.8. The molecule has 1 amide bonds. The maximum absolute atomic E-state index is 14.8. The SMILES string of the molecule is CC(C)(C)OC(=O)N1CC2(CC2)/C(=N/[S@+]([O-])C(C)(C)C)[C@H]1Cc1cccc(Br)c1F. The highest BCUT2D eigenvalue weighted by Crippen LogP contribution is 2.54. The molecule has 2 aliphatic rings. The Morgan fingerprint density at radius 2 is 1.97 bits per heavy atom. The molecule has 1 aliphatic carbocycles. The van der Waals surface area contributed by atoms with Crippen molar-refractivity contribution in [1.82, 2.24) is 4.90 Å². The lowest BCUT2D eigenvalue weighted by molar-refractivity contribution is 0.0232. The molecule has 2 atom stereocenters. The van der Waals surface area contributed by atoms with Crippen LogP contribution in [0.1, 0.15) is 59.9 Å². The summed E-state index contributed by atoms with van der Waals surface area (Å²) in [7, 11) is 0. The number of amides is 1. The molecule has 0 aromatic heterocycles. The van der Waals surface area contributed by atoms with E-state index in [2.05, 4.69) is 20.3 Å². The van der Waals surface area contributed by atoms with Crippen LogP contribution in [0.4, 0.5) is 9.18 Å².